The molecule has 20 heavy (non-hydrogen) atoms. The Labute approximate surface area is 125 Å². The van der Waals surface area contributed by atoms with Crippen molar-refractivity contribution >= 4 is 0 Å². The van der Waals surface area contributed by atoms with Crippen molar-refractivity contribution in [3.8, 4) is 0 Å². The van der Waals surface area contributed by atoms with Crippen LogP contribution in [0.2, 0.25) is 0 Å². The highest BCUT2D eigenvalue weighted by Gasteiger charge is 2.37. The predicted octanol–water partition coefficient (Wildman–Crippen LogP) is 3.32. The molecule has 118 valence electrons. The van der Waals surface area contributed by atoms with Crippen molar-refractivity contribution in [1.29, 1.82) is 0 Å². The topological polar surface area (TPSA) is 38.5 Å². The van der Waals surface area contributed by atoms with Crippen LogP contribution in [0, 0.1) is 0 Å². The van der Waals surface area contributed by atoms with Gasteiger partial charge in [0.2, 0.25) is 0 Å². The lowest BCUT2D eigenvalue weighted by molar-refractivity contribution is -0.0434. The van der Waals surface area contributed by atoms with Crippen molar-refractivity contribution in [3.05, 3.63) is 0 Å². The van der Waals surface area contributed by atoms with Gasteiger partial charge >= 0.3 is 0 Å². The molecule has 0 bridgehead atoms. The lowest BCUT2D eigenvalue weighted by Gasteiger charge is -2.48. The van der Waals surface area contributed by atoms with E-state index in [2.05, 4.69) is 11.8 Å². The summed E-state index contributed by atoms with van der Waals surface area (Å²) in [4.78, 5) is 2.70. The molecule has 2 aliphatic rings. The third-order valence-electron chi connectivity index (χ3n) is 5.27. The number of hydrogen-bond donors (Lipinski definition) is 1. The second kappa shape index (κ2) is 8.35. The van der Waals surface area contributed by atoms with Crippen molar-refractivity contribution in [2.24, 2.45) is 5.73 Å². The van der Waals surface area contributed by atoms with E-state index < -0.39 is 0 Å². The van der Waals surface area contributed by atoms with Crippen LogP contribution in [0.5, 0.6) is 0 Å². The molecular weight excluding hydrogens is 248 g/mol. The van der Waals surface area contributed by atoms with Crippen LogP contribution in [0.4, 0.5) is 0 Å². The second-order valence-corrected chi connectivity index (χ2v) is 6.78. The van der Waals surface area contributed by atoms with Crippen LogP contribution in [-0.4, -0.2) is 42.8 Å². The molecule has 0 aromatic heterocycles. The van der Waals surface area contributed by atoms with E-state index in [1.165, 1.54) is 64.3 Å². The van der Waals surface area contributed by atoms with Crippen molar-refractivity contribution < 1.29 is 4.74 Å². The van der Waals surface area contributed by atoms with Gasteiger partial charge in [0, 0.05) is 25.2 Å². The van der Waals surface area contributed by atoms with Gasteiger partial charge in [0.1, 0.15) is 0 Å². The fourth-order valence-electron chi connectivity index (χ4n) is 4.00. The van der Waals surface area contributed by atoms with E-state index in [0.29, 0.717) is 6.10 Å². The van der Waals surface area contributed by atoms with Crippen LogP contribution in [0.25, 0.3) is 0 Å². The van der Waals surface area contributed by atoms with E-state index in [9.17, 15) is 0 Å². The Morgan fingerprint density at radius 1 is 1.10 bits per heavy atom. The Hall–Kier alpha value is -0.120. The van der Waals surface area contributed by atoms with Gasteiger partial charge in [-0.25, -0.2) is 0 Å². The van der Waals surface area contributed by atoms with Crippen LogP contribution in [0.1, 0.15) is 71.1 Å². The van der Waals surface area contributed by atoms with Crippen molar-refractivity contribution in [1.82, 2.24) is 4.90 Å². The summed E-state index contributed by atoms with van der Waals surface area (Å²) in [5, 5.41) is 0. The van der Waals surface area contributed by atoms with E-state index in [1.807, 2.05) is 0 Å². The molecule has 1 heterocycles. The maximum atomic E-state index is 6.25. The van der Waals surface area contributed by atoms with Crippen LogP contribution in [0.15, 0.2) is 0 Å². The molecule has 1 atom stereocenters. The van der Waals surface area contributed by atoms with Crippen molar-refractivity contribution in [2.75, 3.05) is 26.2 Å². The smallest absolute Gasteiger partial charge is 0.0702 e. The van der Waals surface area contributed by atoms with E-state index in [-0.39, 0.29) is 5.54 Å². The Balaban J connectivity index is 1.97. The summed E-state index contributed by atoms with van der Waals surface area (Å²) in [6.45, 7) is 6.26. The molecule has 0 aromatic rings. The van der Waals surface area contributed by atoms with Crippen LogP contribution in [-0.2, 0) is 4.74 Å². The lowest BCUT2D eigenvalue weighted by atomic mass is 9.81. The zero-order valence-electron chi connectivity index (χ0n) is 13.4. The minimum absolute atomic E-state index is 0.272. The fraction of sp³-hybridized carbons (Fsp3) is 1.00. The first-order chi connectivity index (χ1) is 9.80. The first kappa shape index (κ1) is 16.3. The van der Waals surface area contributed by atoms with Gasteiger partial charge in [-0.05, 0) is 38.6 Å². The number of likely N-dealkylation sites (tertiary alicyclic amines) is 1. The average molecular weight is 282 g/mol. The molecule has 1 aliphatic heterocycles. The van der Waals surface area contributed by atoms with Crippen LogP contribution < -0.4 is 5.73 Å². The third kappa shape index (κ3) is 4.19. The molecule has 2 N–H and O–H groups in total. The van der Waals surface area contributed by atoms with E-state index in [0.717, 1.165) is 26.1 Å². The highest BCUT2D eigenvalue weighted by atomic mass is 16.5. The summed E-state index contributed by atoms with van der Waals surface area (Å²) in [6, 6.07) is 0. The average Bonchev–Trinajstić information content (AvgIpc) is 2.46. The highest BCUT2D eigenvalue weighted by molar-refractivity contribution is 4.95. The number of rotatable bonds is 5. The van der Waals surface area contributed by atoms with Crippen LogP contribution in [0.3, 0.4) is 0 Å². The molecular formula is C17H34N2O. The zero-order chi connectivity index (χ0) is 14.3. The Morgan fingerprint density at radius 2 is 1.80 bits per heavy atom. The Bertz CT molecular complexity index is 262. The van der Waals surface area contributed by atoms with E-state index in [4.69, 9.17) is 10.5 Å². The van der Waals surface area contributed by atoms with E-state index in [1.54, 1.807) is 0 Å². The minimum atomic E-state index is 0.272. The molecule has 1 unspecified atom stereocenters. The van der Waals surface area contributed by atoms with Gasteiger partial charge in [-0.15, -0.1) is 0 Å². The molecule has 0 radical (unpaired) electrons. The molecule has 1 aliphatic carbocycles. The summed E-state index contributed by atoms with van der Waals surface area (Å²) in [7, 11) is 0. The van der Waals surface area contributed by atoms with Gasteiger partial charge in [-0.1, -0.05) is 39.0 Å². The molecule has 0 spiro atoms. The van der Waals surface area contributed by atoms with Crippen LogP contribution >= 0.6 is 0 Å². The largest absolute Gasteiger partial charge is 0.377 e. The van der Waals surface area contributed by atoms with E-state index >= 15 is 0 Å². The summed E-state index contributed by atoms with van der Waals surface area (Å²) in [5.41, 5.74) is 6.53. The lowest BCUT2D eigenvalue weighted by Crippen LogP contribution is -2.58. The number of piperidine rings is 1. The zero-order valence-corrected chi connectivity index (χ0v) is 13.4. The maximum absolute atomic E-state index is 6.25. The molecule has 3 nitrogen and oxygen atoms in total. The molecule has 3 heteroatoms. The van der Waals surface area contributed by atoms with Gasteiger partial charge in [0.25, 0.3) is 0 Å². The van der Waals surface area contributed by atoms with Gasteiger partial charge < -0.3 is 10.5 Å². The minimum Gasteiger partial charge on any atom is -0.377 e. The van der Waals surface area contributed by atoms with Crippen molar-refractivity contribution in [2.45, 2.75) is 82.8 Å². The molecule has 1 saturated carbocycles. The maximum Gasteiger partial charge on any atom is 0.0702 e. The van der Waals surface area contributed by atoms with Gasteiger partial charge in [-0.3, -0.25) is 4.90 Å². The summed E-state index contributed by atoms with van der Waals surface area (Å²) in [5.74, 6) is 0. The molecule has 2 fully saturated rings. The monoisotopic (exact) mass is 282 g/mol. The first-order valence-electron chi connectivity index (χ1n) is 8.87. The number of nitrogens with zero attached hydrogens (tertiary/aromatic N) is 1. The number of nitrogens with two attached hydrogens (primary N) is 1. The summed E-state index contributed by atoms with van der Waals surface area (Å²) < 4.78 is 6.02. The number of ether oxygens (including phenoxy) is 1. The van der Waals surface area contributed by atoms with Gasteiger partial charge in [0.05, 0.1) is 6.10 Å². The normalized spacial score (nSPS) is 28.8. The molecule has 2 rings (SSSR count). The molecule has 0 amide bonds. The summed E-state index contributed by atoms with van der Waals surface area (Å²) >= 11 is 0. The SMILES string of the molecule is CCCOC1CCCN(C2(CN)CCCCCCC2)C1. The number of hydrogen-bond acceptors (Lipinski definition) is 3. The Morgan fingerprint density at radius 3 is 2.45 bits per heavy atom. The molecule has 1 saturated heterocycles. The standard InChI is InChI=1S/C17H34N2O/c1-2-13-20-16-9-8-12-19(14-16)17(15-18)10-6-4-3-5-7-11-17/h16H,2-15,18H2,1H3. The summed E-state index contributed by atoms with van der Waals surface area (Å²) in [6.07, 6.45) is 13.6. The quantitative estimate of drug-likeness (QED) is 0.840. The Kier molecular flexibility index (Phi) is 6.79. The first-order valence-corrected chi connectivity index (χ1v) is 8.87. The third-order valence-corrected chi connectivity index (χ3v) is 5.27. The highest BCUT2D eigenvalue weighted by Crippen LogP contribution is 2.33. The van der Waals surface area contributed by atoms with Gasteiger partial charge in [0.15, 0.2) is 0 Å². The second-order valence-electron chi connectivity index (χ2n) is 6.78. The predicted molar refractivity (Wildman–Crippen MR) is 84.9 cm³/mol. The fourth-order valence-corrected chi connectivity index (χ4v) is 4.00. The van der Waals surface area contributed by atoms with Gasteiger partial charge in [-0.2, -0.15) is 0 Å². The van der Waals surface area contributed by atoms with Crippen molar-refractivity contribution in [3.63, 3.8) is 0 Å². The molecule has 0 aromatic carbocycles.